The molecule has 0 aliphatic heterocycles. The minimum absolute atomic E-state index is 0.302. The van der Waals surface area contributed by atoms with E-state index in [4.69, 9.17) is 4.74 Å². The summed E-state index contributed by atoms with van der Waals surface area (Å²) in [4.78, 5) is 0. The van der Waals surface area contributed by atoms with Gasteiger partial charge in [-0.15, -0.1) is 0 Å². The van der Waals surface area contributed by atoms with Crippen molar-refractivity contribution in [1.82, 2.24) is 0 Å². The molecule has 0 aromatic heterocycles. The van der Waals surface area contributed by atoms with E-state index < -0.39 is 91.2 Å². The van der Waals surface area contributed by atoms with Gasteiger partial charge in [0.15, 0.2) is 46.3 Å². The quantitative estimate of drug-likeness (QED) is 0.300. The van der Waals surface area contributed by atoms with Crippen LogP contribution in [0.15, 0.2) is 24.3 Å². The minimum Gasteiger partial charge on any atom is -0.494 e. The predicted octanol–water partition coefficient (Wildman–Crippen LogP) is 3.34. The van der Waals surface area contributed by atoms with Crippen molar-refractivity contribution in [3.05, 3.63) is 70.8 Å². The van der Waals surface area contributed by atoms with E-state index in [1.165, 1.54) is 0 Å². The molecule has 0 saturated heterocycles. The molecule has 3 rings (SSSR count). The van der Waals surface area contributed by atoms with E-state index in [9.17, 15) is 22.0 Å². The summed E-state index contributed by atoms with van der Waals surface area (Å²) in [5, 5.41) is 0. The van der Waals surface area contributed by atoms with E-state index in [-0.39, 0.29) is 0 Å². The number of halogens is 8. The van der Waals surface area contributed by atoms with Crippen molar-refractivity contribution in [1.29, 1.82) is 0 Å². The van der Waals surface area contributed by atoms with E-state index >= 15 is 13.2 Å². The molecule has 174 valence electrons. The molecule has 0 atom stereocenters. The zero-order valence-corrected chi connectivity index (χ0v) is 18.3. The van der Waals surface area contributed by atoms with E-state index in [0.29, 0.717) is 18.2 Å². The summed E-state index contributed by atoms with van der Waals surface area (Å²) in [7, 11) is 2.75. The maximum Gasteiger partial charge on any atom is 0.412 e. The summed E-state index contributed by atoms with van der Waals surface area (Å²) in [6.07, 6.45) is 0. The van der Waals surface area contributed by atoms with Gasteiger partial charge in [0.2, 0.25) is 0 Å². The Morgan fingerprint density at radius 1 is 0.485 bits per heavy atom. The third-order valence-corrected chi connectivity index (χ3v) is 8.21. The summed E-state index contributed by atoms with van der Waals surface area (Å²) in [6.45, 7) is 0. The van der Waals surface area contributed by atoms with E-state index in [1.54, 1.807) is 0 Å². The van der Waals surface area contributed by atoms with Crippen molar-refractivity contribution in [3.63, 3.8) is 0 Å². The van der Waals surface area contributed by atoms with Crippen molar-refractivity contribution < 1.29 is 49.3 Å². The molecular weight excluding hydrogens is 479 g/mol. The van der Waals surface area contributed by atoms with E-state index in [2.05, 4.69) is 9.47 Å². The van der Waals surface area contributed by atoms with Crippen LogP contribution in [0.2, 0.25) is 0 Å². The van der Waals surface area contributed by atoms with Crippen LogP contribution < -0.4 is 27.5 Å². The molecule has 0 amide bonds. The molecule has 0 bridgehead atoms. The first-order valence-electron chi connectivity index (χ1n) is 9.03. The number of ether oxygens (including phenoxy) is 3. The lowest BCUT2D eigenvalue weighted by atomic mass is 10.3. The normalized spacial score (nSPS) is 10.9. The van der Waals surface area contributed by atoms with Crippen LogP contribution >= 0.6 is 0 Å². The van der Waals surface area contributed by atoms with Crippen molar-refractivity contribution in [2.75, 3.05) is 21.3 Å². The van der Waals surface area contributed by atoms with Gasteiger partial charge in [0.05, 0.1) is 21.3 Å². The first kappa shape index (κ1) is 24.7. The molecule has 0 saturated carbocycles. The smallest absolute Gasteiger partial charge is 0.412 e. The fraction of sp³-hybridized carbons (Fsp3) is 0.143. The second-order valence-corrected chi connectivity index (χ2v) is 9.21. The lowest BCUT2D eigenvalue weighted by Gasteiger charge is -2.21. The van der Waals surface area contributed by atoms with Gasteiger partial charge in [0.1, 0.15) is 17.5 Å². The van der Waals surface area contributed by atoms with Gasteiger partial charge >= 0.3 is 14.1 Å². The lowest BCUT2D eigenvalue weighted by Crippen LogP contribution is -2.59. The van der Waals surface area contributed by atoms with Crippen molar-refractivity contribution >= 4 is 27.4 Å². The standard InChI is InChI=1S/2C7H4F3O.C7H5F2O.Al/c2*1-11-7-3-5(9)4(8)2-6(7)10;1-10-7-3-2-5(8)4-6(7)9;/h2*3H,1H3;2-3H,1H3;. The van der Waals surface area contributed by atoms with Crippen LogP contribution in [0.25, 0.3) is 0 Å². The van der Waals surface area contributed by atoms with Crippen LogP contribution in [0.3, 0.4) is 0 Å². The van der Waals surface area contributed by atoms with Gasteiger partial charge in [-0.1, -0.05) is 0 Å². The SMILES string of the molecule is COc1ccc(F)[c]([Al]([c]2c(F)c(F)cc(OC)c2F)[c]2c(F)c(F)cc(OC)c2F)c1F. The third-order valence-electron chi connectivity index (χ3n) is 4.93. The number of methoxy groups -OCH3 is 3. The summed E-state index contributed by atoms with van der Waals surface area (Å²) < 4.78 is 129. The summed E-state index contributed by atoms with van der Waals surface area (Å²) in [6, 6.07) is 2.04. The maximum absolute atomic E-state index is 15.2. The highest BCUT2D eigenvalue weighted by atomic mass is 27.2. The van der Waals surface area contributed by atoms with Gasteiger partial charge in [-0.05, 0) is 25.4 Å². The zero-order chi connectivity index (χ0) is 24.6. The Labute approximate surface area is 186 Å². The molecule has 0 aliphatic carbocycles. The summed E-state index contributed by atoms with van der Waals surface area (Å²) >= 11 is -4.70. The van der Waals surface area contributed by atoms with Crippen LogP contribution in [0.4, 0.5) is 35.1 Å². The molecule has 0 radical (unpaired) electrons. The number of rotatable bonds is 6. The van der Waals surface area contributed by atoms with Crippen molar-refractivity contribution in [2.24, 2.45) is 0 Å². The van der Waals surface area contributed by atoms with Crippen LogP contribution in [-0.2, 0) is 0 Å². The topological polar surface area (TPSA) is 27.7 Å². The van der Waals surface area contributed by atoms with Crippen molar-refractivity contribution in [3.8, 4) is 17.2 Å². The Hall–Kier alpha value is -2.97. The predicted molar refractivity (Wildman–Crippen MR) is 103 cm³/mol. The molecule has 0 N–H and O–H groups in total. The van der Waals surface area contributed by atoms with E-state index in [0.717, 1.165) is 27.4 Å². The van der Waals surface area contributed by atoms with Crippen LogP contribution in [0.1, 0.15) is 0 Å². The van der Waals surface area contributed by atoms with Gasteiger partial charge in [0, 0.05) is 12.1 Å². The average molecular weight is 492 g/mol. The number of benzene rings is 3. The van der Waals surface area contributed by atoms with Crippen LogP contribution in [-0.4, -0.2) is 35.5 Å². The molecule has 0 aliphatic rings. The summed E-state index contributed by atoms with van der Waals surface area (Å²) in [5.74, 6) is -16.2. The highest BCUT2D eigenvalue weighted by Gasteiger charge is 2.44. The molecule has 12 heteroatoms. The van der Waals surface area contributed by atoms with Crippen molar-refractivity contribution in [2.45, 2.75) is 0 Å². The molecule has 3 aromatic carbocycles. The Balaban J connectivity index is 2.59. The van der Waals surface area contributed by atoms with Gasteiger partial charge in [-0.3, -0.25) is 0 Å². The van der Waals surface area contributed by atoms with Gasteiger partial charge in [0.25, 0.3) is 0 Å². The molecule has 3 aromatic rings. The first-order chi connectivity index (χ1) is 15.6. The minimum atomic E-state index is -4.70. The molecule has 0 heterocycles. The largest absolute Gasteiger partial charge is 0.494 e. The van der Waals surface area contributed by atoms with Gasteiger partial charge < -0.3 is 14.2 Å². The Kier molecular flexibility index (Phi) is 7.09. The molecule has 33 heavy (non-hydrogen) atoms. The second kappa shape index (κ2) is 9.49. The first-order valence-corrected chi connectivity index (χ1v) is 10.8. The number of hydrogen-bond donors (Lipinski definition) is 0. The Morgan fingerprint density at radius 3 is 1.27 bits per heavy atom. The molecular formula is C21H13AlF8O3. The average Bonchev–Trinajstić information content (AvgIpc) is 2.78. The zero-order valence-electron chi connectivity index (χ0n) is 17.1. The molecule has 0 unspecified atom stereocenters. The monoisotopic (exact) mass is 492 g/mol. The third kappa shape index (κ3) is 4.09. The Bertz CT molecular complexity index is 1170. The highest BCUT2D eigenvalue weighted by Crippen LogP contribution is 2.25. The fourth-order valence-electron chi connectivity index (χ4n) is 3.41. The second-order valence-electron chi connectivity index (χ2n) is 6.61. The van der Waals surface area contributed by atoms with E-state index in [1.807, 2.05) is 0 Å². The maximum atomic E-state index is 15.2. The lowest BCUT2D eigenvalue weighted by molar-refractivity contribution is 0.378. The molecule has 0 fully saturated rings. The number of hydrogen-bond acceptors (Lipinski definition) is 3. The van der Waals surface area contributed by atoms with Gasteiger partial charge in [-0.2, -0.15) is 0 Å². The molecule has 3 nitrogen and oxygen atoms in total. The summed E-state index contributed by atoms with van der Waals surface area (Å²) in [5.41, 5.74) is 0. The highest BCUT2D eigenvalue weighted by molar-refractivity contribution is 6.96. The van der Waals surface area contributed by atoms with Gasteiger partial charge in [-0.25, -0.2) is 35.1 Å². The van der Waals surface area contributed by atoms with Crippen LogP contribution in [0, 0.1) is 46.5 Å². The Morgan fingerprint density at radius 2 is 0.879 bits per heavy atom. The molecule has 0 spiro atoms. The van der Waals surface area contributed by atoms with Crippen LogP contribution in [0.5, 0.6) is 17.2 Å². The fourth-order valence-corrected chi connectivity index (χ4v) is 6.62.